The largest absolute Gasteiger partial charge is 0.463 e. The van der Waals surface area contributed by atoms with Crippen molar-refractivity contribution in [3.8, 4) is 5.82 Å². The lowest BCUT2D eigenvalue weighted by molar-refractivity contribution is -0.137. The van der Waals surface area contributed by atoms with Gasteiger partial charge in [-0.05, 0) is 6.07 Å². The van der Waals surface area contributed by atoms with Gasteiger partial charge in [0.15, 0.2) is 5.82 Å². The van der Waals surface area contributed by atoms with E-state index in [9.17, 15) is 18.0 Å². The molecular weight excluding hydrogens is 301 g/mol. The molecule has 0 aromatic carbocycles. The highest BCUT2D eigenvalue weighted by Crippen LogP contribution is 2.31. The van der Waals surface area contributed by atoms with Crippen molar-refractivity contribution < 1.29 is 22.7 Å². The molecule has 0 bridgehead atoms. The van der Waals surface area contributed by atoms with Gasteiger partial charge in [-0.25, -0.2) is 19.4 Å². The van der Waals surface area contributed by atoms with E-state index in [0.29, 0.717) is 12.3 Å². The molecule has 0 atom stereocenters. The molecule has 0 aliphatic rings. The van der Waals surface area contributed by atoms with Crippen molar-refractivity contribution in [1.82, 2.24) is 19.7 Å². The van der Waals surface area contributed by atoms with Crippen molar-refractivity contribution >= 4 is 17.6 Å². The Bertz CT molecular complexity index is 656. The predicted molar refractivity (Wildman–Crippen MR) is 60.5 cm³/mol. The molecule has 2 heterocycles. The zero-order chi connectivity index (χ0) is 14.9. The first-order valence-electron chi connectivity index (χ1n) is 5.06. The van der Waals surface area contributed by atoms with Gasteiger partial charge in [0.1, 0.15) is 6.33 Å². The number of carbonyl (C=O) groups is 1. The highest BCUT2D eigenvalue weighted by molar-refractivity contribution is 6.32. The number of carbonyl (C=O) groups excluding carboxylic acids is 1. The van der Waals surface area contributed by atoms with E-state index in [1.807, 2.05) is 0 Å². The normalized spacial score (nSPS) is 11.4. The number of rotatable bonds is 2. The average molecular weight is 307 g/mol. The van der Waals surface area contributed by atoms with Crippen LogP contribution in [0, 0.1) is 0 Å². The zero-order valence-electron chi connectivity index (χ0n) is 9.85. The van der Waals surface area contributed by atoms with Gasteiger partial charge in [-0.3, -0.25) is 0 Å². The highest BCUT2D eigenvalue weighted by Gasteiger charge is 2.31. The van der Waals surface area contributed by atoms with Crippen LogP contribution in [0.15, 0.2) is 18.6 Å². The van der Waals surface area contributed by atoms with E-state index >= 15 is 0 Å². The van der Waals surface area contributed by atoms with E-state index in [2.05, 4.69) is 19.8 Å². The summed E-state index contributed by atoms with van der Waals surface area (Å²) in [6, 6.07) is 0.712. The molecule has 6 nitrogen and oxygen atoms in total. The number of pyridine rings is 1. The van der Waals surface area contributed by atoms with E-state index in [-0.39, 0.29) is 16.7 Å². The summed E-state index contributed by atoms with van der Waals surface area (Å²) in [7, 11) is 1.15. The molecule has 0 aliphatic heterocycles. The molecule has 10 heteroatoms. The summed E-state index contributed by atoms with van der Waals surface area (Å²) in [6.07, 6.45) is -2.84. The van der Waals surface area contributed by atoms with Crippen molar-refractivity contribution in [2.45, 2.75) is 6.18 Å². The number of methoxy groups -OCH3 is 1. The second-order valence-electron chi connectivity index (χ2n) is 3.53. The summed E-state index contributed by atoms with van der Waals surface area (Å²) < 4.78 is 42.8. The summed E-state index contributed by atoms with van der Waals surface area (Å²) >= 11 is 5.73. The Morgan fingerprint density at radius 2 is 2.10 bits per heavy atom. The van der Waals surface area contributed by atoms with Gasteiger partial charge in [-0.2, -0.15) is 13.2 Å². The fourth-order valence-electron chi connectivity index (χ4n) is 1.30. The van der Waals surface area contributed by atoms with E-state index in [1.165, 1.54) is 0 Å². The summed E-state index contributed by atoms with van der Waals surface area (Å²) in [5.74, 6) is -1.13. The average Bonchev–Trinajstić information content (AvgIpc) is 2.86. The molecule has 0 saturated heterocycles. The molecule has 0 amide bonds. The second-order valence-corrected chi connectivity index (χ2v) is 3.94. The Labute approximate surface area is 115 Å². The Morgan fingerprint density at radius 3 is 2.65 bits per heavy atom. The van der Waals surface area contributed by atoms with Gasteiger partial charge in [0.2, 0.25) is 0 Å². The topological polar surface area (TPSA) is 69.9 Å². The van der Waals surface area contributed by atoms with Gasteiger partial charge in [-0.1, -0.05) is 11.6 Å². The van der Waals surface area contributed by atoms with E-state index in [4.69, 9.17) is 11.6 Å². The Balaban J connectivity index is 2.39. The SMILES string of the molecule is COC(=O)c1ncn(-c2ncc(C(F)(F)F)cc2Cl)n1. The minimum absolute atomic E-state index is 0.0812. The fourth-order valence-corrected chi connectivity index (χ4v) is 1.56. The number of halogens is 4. The molecule has 2 rings (SSSR count). The molecule has 20 heavy (non-hydrogen) atoms. The van der Waals surface area contributed by atoms with E-state index in [1.54, 1.807) is 0 Å². The van der Waals surface area contributed by atoms with Crippen LogP contribution in [-0.4, -0.2) is 32.8 Å². The lowest BCUT2D eigenvalue weighted by Gasteiger charge is -2.08. The minimum atomic E-state index is -4.55. The van der Waals surface area contributed by atoms with Crippen LogP contribution in [-0.2, 0) is 10.9 Å². The third-order valence-corrected chi connectivity index (χ3v) is 2.50. The Morgan fingerprint density at radius 1 is 1.40 bits per heavy atom. The first kappa shape index (κ1) is 14.3. The first-order valence-corrected chi connectivity index (χ1v) is 5.44. The molecule has 2 aromatic heterocycles. The quantitative estimate of drug-likeness (QED) is 0.795. The Kier molecular flexibility index (Phi) is 3.62. The first-order chi connectivity index (χ1) is 9.32. The summed E-state index contributed by atoms with van der Waals surface area (Å²) in [5.41, 5.74) is -0.987. The van der Waals surface area contributed by atoms with Crippen LogP contribution in [0.3, 0.4) is 0 Å². The van der Waals surface area contributed by atoms with Crippen LogP contribution in [0.1, 0.15) is 16.2 Å². The lowest BCUT2D eigenvalue weighted by Crippen LogP contribution is -2.09. The number of nitrogens with zero attached hydrogens (tertiary/aromatic N) is 4. The molecule has 0 radical (unpaired) electrons. The third kappa shape index (κ3) is 2.72. The van der Waals surface area contributed by atoms with Crippen molar-refractivity contribution in [2.24, 2.45) is 0 Å². The van der Waals surface area contributed by atoms with Crippen molar-refractivity contribution in [3.63, 3.8) is 0 Å². The molecule has 0 saturated carbocycles. The lowest BCUT2D eigenvalue weighted by atomic mass is 10.3. The number of hydrogen-bond donors (Lipinski definition) is 0. The third-order valence-electron chi connectivity index (χ3n) is 2.23. The zero-order valence-corrected chi connectivity index (χ0v) is 10.6. The maximum absolute atomic E-state index is 12.5. The van der Waals surface area contributed by atoms with Crippen molar-refractivity contribution in [3.05, 3.63) is 35.0 Å². The molecule has 0 spiro atoms. The number of esters is 1. The molecule has 106 valence electrons. The molecular formula is C10H6ClF3N4O2. The second kappa shape index (κ2) is 5.08. The molecule has 0 N–H and O–H groups in total. The number of ether oxygens (including phenoxy) is 1. The van der Waals surface area contributed by atoms with E-state index < -0.39 is 17.7 Å². The summed E-state index contributed by atoms with van der Waals surface area (Å²) in [6.45, 7) is 0. The van der Waals surface area contributed by atoms with Crippen LogP contribution in [0.5, 0.6) is 0 Å². The summed E-state index contributed by atoms with van der Waals surface area (Å²) in [5, 5.41) is 3.43. The number of hydrogen-bond acceptors (Lipinski definition) is 5. The summed E-state index contributed by atoms with van der Waals surface area (Å²) in [4.78, 5) is 18.4. The van der Waals surface area contributed by atoms with Crippen LogP contribution in [0.25, 0.3) is 5.82 Å². The smallest absolute Gasteiger partial charge is 0.417 e. The van der Waals surface area contributed by atoms with Crippen molar-refractivity contribution in [2.75, 3.05) is 7.11 Å². The van der Waals surface area contributed by atoms with Gasteiger partial charge >= 0.3 is 12.1 Å². The van der Waals surface area contributed by atoms with Gasteiger partial charge in [-0.15, -0.1) is 5.10 Å². The highest BCUT2D eigenvalue weighted by atomic mass is 35.5. The maximum Gasteiger partial charge on any atom is 0.417 e. The maximum atomic E-state index is 12.5. The van der Waals surface area contributed by atoms with Gasteiger partial charge in [0.25, 0.3) is 5.82 Å². The van der Waals surface area contributed by atoms with Gasteiger partial charge in [0.05, 0.1) is 17.7 Å². The number of aromatic nitrogens is 4. The van der Waals surface area contributed by atoms with Gasteiger partial charge in [0, 0.05) is 6.20 Å². The van der Waals surface area contributed by atoms with E-state index in [0.717, 1.165) is 18.1 Å². The van der Waals surface area contributed by atoms with Crippen LogP contribution in [0.4, 0.5) is 13.2 Å². The van der Waals surface area contributed by atoms with Crippen LogP contribution >= 0.6 is 11.6 Å². The monoisotopic (exact) mass is 306 g/mol. The van der Waals surface area contributed by atoms with Crippen molar-refractivity contribution in [1.29, 1.82) is 0 Å². The Hall–Kier alpha value is -2.16. The molecule has 0 fully saturated rings. The molecule has 0 aliphatic carbocycles. The molecule has 2 aromatic rings. The van der Waals surface area contributed by atoms with Crippen LogP contribution in [0.2, 0.25) is 5.02 Å². The predicted octanol–water partition coefficient (Wildman–Crippen LogP) is 2.12. The minimum Gasteiger partial charge on any atom is -0.463 e. The van der Waals surface area contributed by atoms with Crippen LogP contribution < -0.4 is 0 Å². The molecule has 0 unspecified atom stereocenters. The standard InChI is InChI=1S/C10H6ClF3N4O2/c1-20-9(19)7-16-4-18(17-7)8-6(11)2-5(3-15-8)10(12,13)14/h2-4H,1H3. The number of alkyl halides is 3. The van der Waals surface area contributed by atoms with Gasteiger partial charge < -0.3 is 4.74 Å². The fraction of sp³-hybridized carbons (Fsp3) is 0.200.